The van der Waals surface area contributed by atoms with Crippen molar-refractivity contribution in [2.24, 2.45) is 47.3 Å². The topological polar surface area (TPSA) is 0 Å². The van der Waals surface area contributed by atoms with Crippen molar-refractivity contribution >= 4 is 0 Å². The average Bonchev–Trinajstić information content (AvgIpc) is 2.67. The van der Waals surface area contributed by atoms with E-state index in [1.807, 2.05) is 0 Å². The zero-order valence-corrected chi connectivity index (χ0v) is 20.3. The predicted octanol–water partition coefficient (Wildman–Crippen LogP) is 9.24. The molecule has 0 aliphatic rings. The molecule has 0 nitrogen and oxygen atoms in total. The summed E-state index contributed by atoms with van der Waals surface area (Å²) in [6, 6.07) is 0. The second kappa shape index (κ2) is 14.1. The lowest BCUT2D eigenvalue weighted by Gasteiger charge is -2.44. The van der Waals surface area contributed by atoms with Gasteiger partial charge in [0.15, 0.2) is 0 Å². The van der Waals surface area contributed by atoms with Crippen molar-refractivity contribution in [2.45, 2.75) is 121 Å². The molecule has 0 aromatic carbocycles. The Hall–Kier alpha value is 0. The minimum Gasteiger partial charge on any atom is -0.0654 e. The summed E-state index contributed by atoms with van der Waals surface area (Å²) in [6.45, 7) is 24.6. The van der Waals surface area contributed by atoms with Crippen LogP contribution in [0, 0.1) is 47.3 Å². The van der Waals surface area contributed by atoms with Crippen molar-refractivity contribution < 1.29 is 0 Å². The van der Waals surface area contributed by atoms with E-state index in [-0.39, 0.29) is 0 Å². The summed E-state index contributed by atoms with van der Waals surface area (Å²) in [5, 5.41) is 0. The second-order valence-corrected chi connectivity index (χ2v) is 9.35. The summed E-state index contributed by atoms with van der Waals surface area (Å²) in [5.74, 6) is 7.11. The lowest BCUT2D eigenvalue weighted by Crippen LogP contribution is -2.37. The van der Waals surface area contributed by atoms with Gasteiger partial charge in [-0.3, -0.25) is 0 Å². The van der Waals surface area contributed by atoms with Gasteiger partial charge in [0.2, 0.25) is 0 Å². The molecule has 0 rings (SSSR count). The minimum atomic E-state index is 0.842. The molecule has 0 amide bonds. The van der Waals surface area contributed by atoms with Gasteiger partial charge in [-0.2, -0.15) is 0 Å². The average molecular weight is 367 g/mol. The van der Waals surface area contributed by atoms with E-state index in [2.05, 4.69) is 69.2 Å². The fraction of sp³-hybridized carbons (Fsp3) is 1.00. The Bertz CT molecular complexity index is 320. The maximum atomic E-state index is 2.57. The highest BCUT2D eigenvalue weighted by Crippen LogP contribution is 2.45. The molecule has 0 heterocycles. The molecular weight excluding hydrogens is 312 g/mol. The summed E-state index contributed by atoms with van der Waals surface area (Å²) in [5.41, 5.74) is 0. The second-order valence-electron chi connectivity index (χ2n) is 9.35. The third kappa shape index (κ3) is 6.87. The molecule has 26 heavy (non-hydrogen) atoms. The molecule has 0 fully saturated rings. The van der Waals surface area contributed by atoms with Gasteiger partial charge in [0, 0.05) is 0 Å². The minimum absolute atomic E-state index is 0.842. The van der Waals surface area contributed by atoms with Crippen LogP contribution >= 0.6 is 0 Å². The molecule has 0 saturated carbocycles. The van der Waals surface area contributed by atoms with Crippen molar-refractivity contribution in [3.05, 3.63) is 0 Å². The Morgan fingerprint density at radius 3 is 1.27 bits per heavy atom. The van der Waals surface area contributed by atoms with E-state index in [0.717, 1.165) is 47.3 Å². The Balaban J connectivity index is 5.59. The van der Waals surface area contributed by atoms with E-state index >= 15 is 0 Å². The van der Waals surface area contributed by atoms with Gasteiger partial charge in [-0.1, -0.05) is 121 Å². The van der Waals surface area contributed by atoms with Crippen LogP contribution in [0.15, 0.2) is 0 Å². The van der Waals surface area contributed by atoms with Crippen LogP contribution in [0.3, 0.4) is 0 Å². The monoisotopic (exact) mass is 366 g/mol. The van der Waals surface area contributed by atoms with Crippen molar-refractivity contribution in [3.8, 4) is 0 Å². The smallest absolute Gasteiger partial charge is 0.0355 e. The fourth-order valence-corrected chi connectivity index (χ4v) is 6.27. The molecule has 158 valence electrons. The Morgan fingerprint density at radius 2 is 0.923 bits per heavy atom. The standard InChI is InChI=1S/C26H54/c1-11-18-22(13-3)24(15-5)26(17-7)25(16-6)23(14-4)21(10)20(9)19(8)12-2/h19-26H,11-18H2,1-10H3. The molecule has 8 atom stereocenters. The number of rotatable bonds is 15. The van der Waals surface area contributed by atoms with Crippen LogP contribution in [0.4, 0.5) is 0 Å². The quantitative estimate of drug-likeness (QED) is 0.271. The zero-order valence-electron chi connectivity index (χ0n) is 20.3. The van der Waals surface area contributed by atoms with Crippen LogP contribution in [-0.4, -0.2) is 0 Å². The van der Waals surface area contributed by atoms with E-state index in [9.17, 15) is 0 Å². The van der Waals surface area contributed by atoms with Crippen molar-refractivity contribution in [2.75, 3.05) is 0 Å². The van der Waals surface area contributed by atoms with E-state index in [1.165, 1.54) is 51.4 Å². The van der Waals surface area contributed by atoms with Gasteiger partial charge in [-0.05, 0) is 47.3 Å². The summed E-state index contributed by atoms with van der Waals surface area (Å²) in [6.07, 6.45) is 10.9. The third-order valence-electron chi connectivity index (χ3n) is 8.37. The highest BCUT2D eigenvalue weighted by Gasteiger charge is 2.37. The number of hydrogen-bond acceptors (Lipinski definition) is 0. The van der Waals surface area contributed by atoms with Crippen LogP contribution in [0.1, 0.15) is 121 Å². The lowest BCUT2D eigenvalue weighted by molar-refractivity contribution is 0.0507. The molecule has 0 radical (unpaired) electrons. The van der Waals surface area contributed by atoms with Gasteiger partial charge < -0.3 is 0 Å². The first-order chi connectivity index (χ1) is 12.4. The van der Waals surface area contributed by atoms with Gasteiger partial charge >= 0.3 is 0 Å². The molecule has 8 unspecified atom stereocenters. The van der Waals surface area contributed by atoms with Gasteiger partial charge in [0.25, 0.3) is 0 Å². The molecule has 0 saturated heterocycles. The van der Waals surface area contributed by atoms with Crippen LogP contribution < -0.4 is 0 Å². The molecule has 0 aliphatic carbocycles. The van der Waals surface area contributed by atoms with Crippen LogP contribution in [-0.2, 0) is 0 Å². The normalized spacial score (nSPS) is 21.5. The summed E-state index contributed by atoms with van der Waals surface area (Å²) >= 11 is 0. The highest BCUT2D eigenvalue weighted by molar-refractivity contribution is 4.86. The van der Waals surface area contributed by atoms with Gasteiger partial charge in [0.1, 0.15) is 0 Å². The fourth-order valence-electron chi connectivity index (χ4n) is 6.27. The SMILES string of the molecule is CCCC(CC)C(CC)C(CC)C(CC)C(CC)C(C)C(C)C(C)CC. The Labute approximate surface area is 168 Å². The van der Waals surface area contributed by atoms with Crippen LogP contribution in [0.2, 0.25) is 0 Å². The van der Waals surface area contributed by atoms with Crippen molar-refractivity contribution in [1.82, 2.24) is 0 Å². The maximum Gasteiger partial charge on any atom is -0.0355 e. The first-order valence-corrected chi connectivity index (χ1v) is 12.4. The van der Waals surface area contributed by atoms with Crippen LogP contribution in [0.25, 0.3) is 0 Å². The molecule has 0 N–H and O–H groups in total. The van der Waals surface area contributed by atoms with Gasteiger partial charge in [-0.15, -0.1) is 0 Å². The first kappa shape index (κ1) is 26.0. The molecule has 0 spiro atoms. The molecule has 0 aromatic rings. The van der Waals surface area contributed by atoms with Crippen LogP contribution in [0.5, 0.6) is 0 Å². The largest absolute Gasteiger partial charge is 0.0654 e. The van der Waals surface area contributed by atoms with E-state index in [0.29, 0.717) is 0 Å². The molecule has 0 heteroatoms. The van der Waals surface area contributed by atoms with E-state index in [4.69, 9.17) is 0 Å². The summed E-state index contributed by atoms with van der Waals surface area (Å²) < 4.78 is 0. The van der Waals surface area contributed by atoms with Crippen molar-refractivity contribution in [1.29, 1.82) is 0 Å². The maximum absolute atomic E-state index is 2.57. The Kier molecular flexibility index (Phi) is 14.1. The lowest BCUT2D eigenvalue weighted by atomic mass is 9.61. The summed E-state index contributed by atoms with van der Waals surface area (Å²) in [7, 11) is 0. The van der Waals surface area contributed by atoms with E-state index in [1.54, 1.807) is 0 Å². The van der Waals surface area contributed by atoms with Gasteiger partial charge in [-0.25, -0.2) is 0 Å². The zero-order chi connectivity index (χ0) is 20.3. The molecule has 0 aromatic heterocycles. The third-order valence-corrected chi connectivity index (χ3v) is 8.37. The molecule has 0 aliphatic heterocycles. The Morgan fingerprint density at radius 1 is 0.462 bits per heavy atom. The predicted molar refractivity (Wildman–Crippen MR) is 122 cm³/mol. The molecular formula is C26H54. The summed E-state index contributed by atoms with van der Waals surface area (Å²) in [4.78, 5) is 0. The molecule has 0 bridgehead atoms. The highest BCUT2D eigenvalue weighted by atomic mass is 14.4. The van der Waals surface area contributed by atoms with Crippen molar-refractivity contribution in [3.63, 3.8) is 0 Å². The first-order valence-electron chi connectivity index (χ1n) is 12.4. The number of hydrogen-bond donors (Lipinski definition) is 0. The van der Waals surface area contributed by atoms with E-state index < -0.39 is 0 Å². The van der Waals surface area contributed by atoms with Gasteiger partial charge in [0.05, 0.1) is 0 Å².